The van der Waals surface area contributed by atoms with E-state index < -0.39 is 11.3 Å². The van der Waals surface area contributed by atoms with Crippen LogP contribution in [0.4, 0.5) is 8.78 Å². The predicted molar refractivity (Wildman–Crippen MR) is 97.3 cm³/mol. The lowest BCUT2D eigenvalue weighted by Gasteiger charge is -2.37. The van der Waals surface area contributed by atoms with Crippen LogP contribution in [0.5, 0.6) is 0 Å². The van der Waals surface area contributed by atoms with Crippen molar-refractivity contribution in [1.29, 1.82) is 0 Å². The molecule has 3 saturated heterocycles. The van der Waals surface area contributed by atoms with Crippen LogP contribution in [0.2, 0.25) is 0 Å². The molecule has 2 amide bonds. The van der Waals surface area contributed by atoms with Crippen LogP contribution in [0, 0.1) is 18.3 Å². The first kappa shape index (κ1) is 19.9. The van der Waals surface area contributed by atoms with Gasteiger partial charge in [0, 0.05) is 51.0 Å². The number of fused-ring (bicyclic) bond motifs is 1. The molecule has 3 fully saturated rings. The van der Waals surface area contributed by atoms with Gasteiger partial charge in [0.25, 0.3) is 11.5 Å². The Hall–Kier alpha value is -2.36. The normalized spacial score (nSPS) is 28.4. The highest BCUT2D eigenvalue weighted by Gasteiger charge is 2.58. The Morgan fingerprint density at radius 1 is 1.24 bits per heavy atom. The Balaban J connectivity index is 1.48. The van der Waals surface area contributed by atoms with Crippen molar-refractivity contribution in [2.24, 2.45) is 11.3 Å². The molecule has 1 aromatic rings. The number of rotatable bonds is 3. The summed E-state index contributed by atoms with van der Waals surface area (Å²) in [5.74, 6) is -3.41. The van der Waals surface area contributed by atoms with Gasteiger partial charge in [-0.3, -0.25) is 14.4 Å². The van der Waals surface area contributed by atoms with Crippen molar-refractivity contribution in [1.82, 2.24) is 19.6 Å². The standard InChI is InChI=1S/C19H24F2N4O4/c1-13-2-3-15(26)25(22-13)9-16(27)24-8-14-10-29-12-18(14,11-24)17(28)23-6-4-19(20,21)5-7-23/h2-3,14H,4-12H2,1H3/t14-,18-/m0/s1. The number of piperidine rings is 1. The van der Waals surface area contributed by atoms with Crippen molar-refractivity contribution in [2.75, 3.05) is 39.4 Å². The molecule has 10 heteroatoms. The number of halogens is 2. The summed E-state index contributed by atoms with van der Waals surface area (Å²) in [6, 6.07) is 2.94. The highest BCUT2D eigenvalue weighted by atomic mass is 19.3. The van der Waals surface area contributed by atoms with Gasteiger partial charge < -0.3 is 14.5 Å². The van der Waals surface area contributed by atoms with Crippen LogP contribution in [-0.4, -0.2) is 76.7 Å². The first-order valence-corrected chi connectivity index (χ1v) is 9.78. The van der Waals surface area contributed by atoms with Gasteiger partial charge in [0.05, 0.1) is 24.3 Å². The number of aromatic nitrogens is 2. The molecular formula is C19H24F2N4O4. The minimum atomic E-state index is -2.73. The molecule has 158 valence electrons. The summed E-state index contributed by atoms with van der Waals surface area (Å²) in [7, 11) is 0. The minimum absolute atomic E-state index is 0.0108. The van der Waals surface area contributed by atoms with E-state index in [1.54, 1.807) is 17.9 Å². The van der Waals surface area contributed by atoms with Gasteiger partial charge in [-0.1, -0.05) is 0 Å². The van der Waals surface area contributed by atoms with Crippen LogP contribution in [-0.2, 0) is 20.9 Å². The highest BCUT2D eigenvalue weighted by molar-refractivity contribution is 5.86. The summed E-state index contributed by atoms with van der Waals surface area (Å²) in [6.07, 6.45) is -0.685. The fraction of sp³-hybridized carbons (Fsp3) is 0.684. The number of hydrogen-bond acceptors (Lipinski definition) is 5. The van der Waals surface area contributed by atoms with Gasteiger partial charge in [0.1, 0.15) is 6.54 Å². The second-order valence-corrected chi connectivity index (χ2v) is 8.26. The van der Waals surface area contributed by atoms with Crippen molar-refractivity contribution >= 4 is 11.8 Å². The van der Waals surface area contributed by atoms with Crippen molar-refractivity contribution in [3.63, 3.8) is 0 Å². The summed E-state index contributed by atoms with van der Waals surface area (Å²) in [4.78, 5) is 41.0. The van der Waals surface area contributed by atoms with E-state index in [9.17, 15) is 23.2 Å². The molecule has 0 aliphatic carbocycles. The summed E-state index contributed by atoms with van der Waals surface area (Å²) in [6.45, 7) is 2.59. The third-order valence-electron chi connectivity index (χ3n) is 6.22. The Bertz CT molecular complexity index is 879. The molecule has 8 nitrogen and oxygen atoms in total. The molecule has 0 unspecified atom stereocenters. The molecular weight excluding hydrogens is 386 g/mol. The second kappa shape index (κ2) is 7.16. The largest absolute Gasteiger partial charge is 0.380 e. The van der Waals surface area contributed by atoms with E-state index in [0.717, 1.165) is 4.68 Å². The quantitative estimate of drug-likeness (QED) is 0.715. The van der Waals surface area contributed by atoms with E-state index in [1.807, 2.05) is 0 Å². The van der Waals surface area contributed by atoms with Crippen LogP contribution in [0.15, 0.2) is 16.9 Å². The fourth-order valence-electron chi connectivity index (χ4n) is 4.47. The van der Waals surface area contributed by atoms with Crippen LogP contribution in [0.1, 0.15) is 18.5 Å². The van der Waals surface area contributed by atoms with E-state index >= 15 is 0 Å². The topological polar surface area (TPSA) is 84.7 Å². The number of nitrogens with zero attached hydrogens (tertiary/aromatic N) is 4. The third-order valence-corrected chi connectivity index (χ3v) is 6.22. The number of aryl methyl sites for hydroxylation is 1. The molecule has 2 atom stereocenters. The molecule has 4 rings (SSSR count). The molecule has 0 spiro atoms. The van der Waals surface area contributed by atoms with E-state index in [2.05, 4.69) is 5.10 Å². The van der Waals surface area contributed by atoms with Gasteiger partial charge in [-0.05, 0) is 13.0 Å². The highest BCUT2D eigenvalue weighted by Crippen LogP contribution is 2.43. The molecule has 3 aliphatic rings. The molecule has 0 radical (unpaired) electrons. The van der Waals surface area contributed by atoms with Crippen LogP contribution < -0.4 is 5.56 Å². The molecule has 0 aromatic carbocycles. The SMILES string of the molecule is Cc1ccc(=O)n(CC(=O)N2C[C@H]3COC[C@@]3(C(=O)N3CCC(F)(F)CC3)C2)n1. The van der Waals surface area contributed by atoms with Gasteiger partial charge in [0.2, 0.25) is 11.8 Å². The van der Waals surface area contributed by atoms with Crippen molar-refractivity contribution in [3.05, 3.63) is 28.2 Å². The second-order valence-electron chi connectivity index (χ2n) is 8.26. The minimum Gasteiger partial charge on any atom is -0.380 e. The van der Waals surface area contributed by atoms with Gasteiger partial charge in [-0.25, -0.2) is 13.5 Å². The summed E-state index contributed by atoms with van der Waals surface area (Å²) < 4.78 is 33.6. The van der Waals surface area contributed by atoms with E-state index in [4.69, 9.17) is 4.74 Å². The lowest BCUT2D eigenvalue weighted by molar-refractivity contribution is -0.149. The summed E-state index contributed by atoms with van der Waals surface area (Å²) in [5, 5.41) is 4.08. The fourth-order valence-corrected chi connectivity index (χ4v) is 4.47. The number of likely N-dealkylation sites (tertiary alicyclic amines) is 2. The van der Waals surface area contributed by atoms with Crippen molar-refractivity contribution < 1.29 is 23.1 Å². The average Bonchev–Trinajstić information content (AvgIpc) is 3.22. The molecule has 3 aliphatic heterocycles. The Morgan fingerprint density at radius 2 is 1.97 bits per heavy atom. The molecule has 29 heavy (non-hydrogen) atoms. The number of ether oxygens (including phenoxy) is 1. The maximum absolute atomic E-state index is 13.5. The number of carbonyl (C=O) groups excluding carboxylic acids is 2. The van der Waals surface area contributed by atoms with Crippen molar-refractivity contribution in [2.45, 2.75) is 32.2 Å². The molecule has 0 saturated carbocycles. The smallest absolute Gasteiger partial charge is 0.267 e. The van der Waals surface area contributed by atoms with Crippen LogP contribution >= 0.6 is 0 Å². The lowest BCUT2D eigenvalue weighted by atomic mass is 9.79. The monoisotopic (exact) mass is 410 g/mol. The summed E-state index contributed by atoms with van der Waals surface area (Å²) in [5.41, 5.74) is -0.642. The molecule has 0 N–H and O–H groups in total. The molecule has 4 heterocycles. The first-order chi connectivity index (χ1) is 13.7. The maximum atomic E-state index is 13.5. The number of hydrogen-bond donors (Lipinski definition) is 0. The van der Waals surface area contributed by atoms with Crippen LogP contribution in [0.3, 0.4) is 0 Å². The van der Waals surface area contributed by atoms with Gasteiger partial charge in [0.15, 0.2) is 0 Å². The number of alkyl halides is 2. The van der Waals surface area contributed by atoms with Gasteiger partial charge in [-0.2, -0.15) is 5.10 Å². The number of amides is 2. The maximum Gasteiger partial charge on any atom is 0.267 e. The van der Waals surface area contributed by atoms with Gasteiger partial charge in [-0.15, -0.1) is 0 Å². The Morgan fingerprint density at radius 3 is 2.69 bits per heavy atom. The summed E-state index contributed by atoms with van der Waals surface area (Å²) >= 11 is 0. The zero-order chi connectivity index (χ0) is 20.8. The third kappa shape index (κ3) is 3.65. The molecule has 1 aromatic heterocycles. The van der Waals surface area contributed by atoms with E-state index in [-0.39, 0.29) is 68.9 Å². The lowest BCUT2D eigenvalue weighted by Crippen LogP contribution is -2.52. The average molecular weight is 410 g/mol. The molecule has 0 bridgehead atoms. The van der Waals surface area contributed by atoms with Crippen LogP contribution in [0.25, 0.3) is 0 Å². The predicted octanol–water partition coefficient (Wildman–Crippen LogP) is 0.284. The van der Waals surface area contributed by atoms with E-state index in [1.165, 1.54) is 11.0 Å². The van der Waals surface area contributed by atoms with Crippen molar-refractivity contribution in [3.8, 4) is 0 Å². The van der Waals surface area contributed by atoms with E-state index in [0.29, 0.717) is 18.8 Å². The zero-order valence-electron chi connectivity index (χ0n) is 16.3. The van der Waals surface area contributed by atoms with Gasteiger partial charge >= 0.3 is 0 Å². The number of carbonyl (C=O) groups is 2. The Kier molecular flexibility index (Phi) is 4.92. The Labute approximate surface area is 166 Å². The zero-order valence-corrected chi connectivity index (χ0v) is 16.3. The first-order valence-electron chi connectivity index (χ1n) is 9.78.